The van der Waals surface area contributed by atoms with Crippen molar-refractivity contribution in [2.24, 2.45) is 0 Å². The molecule has 1 aromatic carbocycles. The summed E-state index contributed by atoms with van der Waals surface area (Å²) in [6.45, 7) is 2.90. The van der Waals surface area contributed by atoms with E-state index in [1.807, 2.05) is 25.3 Å². The fourth-order valence-electron chi connectivity index (χ4n) is 2.44. The molecule has 0 spiro atoms. The first-order valence-corrected chi connectivity index (χ1v) is 7.15. The van der Waals surface area contributed by atoms with Crippen molar-refractivity contribution in [3.05, 3.63) is 46.5 Å². The number of carbonyl (C=O) groups is 1. The summed E-state index contributed by atoms with van der Waals surface area (Å²) in [7, 11) is 0. The monoisotopic (exact) mass is 289 g/mol. The molecule has 0 atom stereocenters. The number of aromatic nitrogens is 2. The molecule has 2 aromatic rings. The zero-order valence-corrected chi connectivity index (χ0v) is 12.1. The Balaban J connectivity index is 1.82. The van der Waals surface area contributed by atoms with Gasteiger partial charge in [0.1, 0.15) is 11.5 Å². The summed E-state index contributed by atoms with van der Waals surface area (Å²) in [5.74, 6) is 0.788. The van der Waals surface area contributed by atoms with E-state index in [0.29, 0.717) is 16.4 Å². The molecule has 0 aliphatic carbocycles. The molecule has 0 fully saturated rings. The third kappa shape index (κ3) is 2.56. The van der Waals surface area contributed by atoms with Crippen LogP contribution in [0.2, 0.25) is 5.02 Å². The largest absolute Gasteiger partial charge is 0.334 e. The molecular formula is C15H16ClN3O. The van der Waals surface area contributed by atoms with E-state index in [1.165, 1.54) is 0 Å². The number of hydrogen-bond acceptors (Lipinski definition) is 2. The van der Waals surface area contributed by atoms with E-state index in [2.05, 4.69) is 14.9 Å². The molecule has 2 heterocycles. The van der Waals surface area contributed by atoms with E-state index in [0.717, 1.165) is 37.2 Å². The van der Waals surface area contributed by atoms with E-state index in [-0.39, 0.29) is 5.91 Å². The number of amides is 1. The highest BCUT2D eigenvalue weighted by Gasteiger charge is 2.17. The second-order valence-corrected chi connectivity index (χ2v) is 5.54. The number of hydrogen-bond donors (Lipinski definition) is 1. The lowest BCUT2D eigenvalue weighted by Crippen LogP contribution is -2.12. The summed E-state index contributed by atoms with van der Waals surface area (Å²) in [5.41, 5.74) is 2.14. The van der Waals surface area contributed by atoms with Crippen LogP contribution >= 0.6 is 11.6 Å². The van der Waals surface area contributed by atoms with Crippen LogP contribution in [-0.4, -0.2) is 15.5 Å². The van der Waals surface area contributed by atoms with Crippen molar-refractivity contribution in [3.63, 3.8) is 0 Å². The van der Waals surface area contributed by atoms with Crippen molar-refractivity contribution in [1.29, 1.82) is 0 Å². The number of benzene rings is 1. The summed E-state index contributed by atoms with van der Waals surface area (Å²) in [4.78, 5) is 16.7. The number of imidazole rings is 1. The topological polar surface area (TPSA) is 46.9 Å². The fourth-order valence-corrected chi connectivity index (χ4v) is 2.61. The molecule has 0 saturated heterocycles. The van der Waals surface area contributed by atoms with Gasteiger partial charge in [-0.05, 0) is 37.5 Å². The Kier molecular flexibility index (Phi) is 3.49. The molecular weight excluding hydrogens is 274 g/mol. The van der Waals surface area contributed by atoms with Crippen molar-refractivity contribution in [2.45, 2.75) is 32.7 Å². The fraction of sp³-hybridized carbons (Fsp3) is 0.333. The van der Waals surface area contributed by atoms with Gasteiger partial charge in [-0.1, -0.05) is 17.7 Å². The predicted octanol–water partition coefficient (Wildman–Crippen LogP) is 3.43. The van der Waals surface area contributed by atoms with Crippen LogP contribution in [0.5, 0.6) is 0 Å². The highest BCUT2D eigenvalue weighted by Crippen LogP contribution is 2.23. The van der Waals surface area contributed by atoms with E-state index >= 15 is 0 Å². The predicted molar refractivity (Wildman–Crippen MR) is 79.3 cm³/mol. The van der Waals surface area contributed by atoms with Gasteiger partial charge in [0.2, 0.25) is 0 Å². The Morgan fingerprint density at radius 3 is 3.05 bits per heavy atom. The van der Waals surface area contributed by atoms with E-state index in [1.54, 1.807) is 6.07 Å². The van der Waals surface area contributed by atoms with Crippen LogP contribution in [-0.2, 0) is 13.0 Å². The molecule has 1 aliphatic rings. The average molecular weight is 290 g/mol. The lowest BCUT2D eigenvalue weighted by atomic mass is 10.2. The van der Waals surface area contributed by atoms with Crippen molar-refractivity contribution >= 4 is 23.2 Å². The second-order valence-electron chi connectivity index (χ2n) is 5.13. The van der Waals surface area contributed by atoms with E-state index < -0.39 is 0 Å². The highest BCUT2D eigenvalue weighted by atomic mass is 35.5. The standard InChI is InChI=1S/C15H16ClN3O/c1-10-5-6-11(16)12(8-10)18-15(20)13-9-19-7-3-2-4-14(19)17-13/h5-6,8-9H,2-4,7H2,1H3,(H,18,20). The quantitative estimate of drug-likeness (QED) is 0.920. The molecule has 1 amide bonds. The Hall–Kier alpha value is -1.81. The van der Waals surface area contributed by atoms with Crippen LogP contribution in [0.1, 0.15) is 34.7 Å². The van der Waals surface area contributed by atoms with Crippen LogP contribution in [0.25, 0.3) is 0 Å². The van der Waals surface area contributed by atoms with Crippen LogP contribution in [0.15, 0.2) is 24.4 Å². The lowest BCUT2D eigenvalue weighted by molar-refractivity contribution is 0.102. The SMILES string of the molecule is Cc1ccc(Cl)c(NC(=O)c2cn3c(n2)CCCC3)c1. The first-order chi connectivity index (χ1) is 9.63. The average Bonchev–Trinajstić information content (AvgIpc) is 2.87. The first kappa shape index (κ1) is 13.2. The summed E-state index contributed by atoms with van der Waals surface area (Å²) < 4.78 is 2.07. The van der Waals surface area contributed by atoms with Gasteiger partial charge in [-0.25, -0.2) is 4.98 Å². The molecule has 0 radical (unpaired) electrons. The number of nitrogens with one attached hydrogen (secondary N) is 1. The molecule has 3 rings (SSSR count). The van der Waals surface area contributed by atoms with Gasteiger partial charge in [-0.3, -0.25) is 4.79 Å². The molecule has 4 nitrogen and oxygen atoms in total. The van der Waals surface area contributed by atoms with Gasteiger partial charge in [0.05, 0.1) is 10.7 Å². The number of carbonyl (C=O) groups excluding carboxylic acids is 1. The molecule has 104 valence electrons. The molecule has 20 heavy (non-hydrogen) atoms. The van der Waals surface area contributed by atoms with Gasteiger partial charge in [0, 0.05) is 19.2 Å². The van der Waals surface area contributed by atoms with E-state index in [4.69, 9.17) is 11.6 Å². The Morgan fingerprint density at radius 1 is 1.40 bits per heavy atom. The summed E-state index contributed by atoms with van der Waals surface area (Å²) >= 11 is 6.09. The van der Waals surface area contributed by atoms with Crippen LogP contribution in [0, 0.1) is 6.92 Å². The minimum absolute atomic E-state index is 0.209. The summed E-state index contributed by atoms with van der Waals surface area (Å²) in [6.07, 6.45) is 5.06. The Labute approximate surface area is 122 Å². The summed E-state index contributed by atoms with van der Waals surface area (Å²) in [6, 6.07) is 5.55. The van der Waals surface area contributed by atoms with Crippen molar-refractivity contribution in [2.75, 3.05) is 5.32 Å². The third-order valence-electron chi connectivity index (χ3n) is 3.51. The van der Waals surface area contributed by atoms with Crippen molar-refractivity contribution < 1.29 is 4.79 Å². The van der Waals surface area contributed by atoms with Crippen LogP contribution in [0.4, 0.5) is 5.69 Å². The number of aryl methyl sites for hydroxylation is 3. The van der Waals surface area contributed by atoms with E-state index in [9.17, 15) is 4.79 Å². The van der Waals surface area contributed by atoms with Crippen molar-refractivity contribution in [3.8, 4) is 0 Å². The number of nitrogens with zero attached hydrogens (tertiary/aromatic N) is 2. The Bertz CT molecular complexity index is 640. The number of anilines is 1. The van der Waals surface area contributed by atoms with Gasteiger partial charge in [0.15, 0.2) is 0 Å². The molecule has 1 N–H and O–H groups in total. The molecule has 5 heteroatoms. The highest BCUT2D eigenvalue weighted by molar-refractivity contribution is 6.33. The molecule has 1 aliphatic heterocycles. The molecule has 0 bridgehead atoms. The second kappa shape index (κ2) is 5.29. The smallest absolute Gasteiger partial charge is 0.275 e. The van der Waals surface area contributed by atoms with Gasteiger partial charge in [-0.15, -0.1) is 0 Å². The molecule has 0 unspecified atom stereocenters. The first-order valence-electron chi connectivity index (χ1n) is 6.77. The number of halogens is 1. The maximum absolute atomic E-state index is 12.2. The maximum atomic E-state index is 12.2. The summed E-state index contributed by atoms with van der Waals surface area (Å²) in [5, 5.41) is 3.36. The zero-order chi connectivity index (χ0) is 14.1. The van der Waals surface area contributed by atoms with Gasteiger partial charge >= 0.3 is 0 Å². The van der Waals surface area contributed by atoms with Crippen LogP contribution in [0.3, 0.4) is 0 Å². The van der Waals surface area contributed by atoms with Gasteiger partial charge in [0.25, 0.3) is 5.91 Å². The van der Waals surface area contributed by atoms with Gasteiger partial charge < -0.3 is 9.88 Å². The minimum Gasteiger partial charge on any atom is -0.334 e. The molecule has 1 aromatic heterocycles. The van der Waals surface area contributed by atoms with Crippen LogP contribution < -0.4 is 5.32 Å². The Morgan fingerprint density at radius 2 is 2.25 bits per heavy atom. The lowest BCUT2D eigenvalue weighted by Gasteiger charge is -2.11. The zero-order valence-electron chi connectivity index (χ0n) is 11.3. The minimum atomic E-state index is -0.209. The maximum Gasteiger partial charge on any atom is 0.275 e. The van der Waals surface area contributed by atoms with Gasteiger partial charge in [-0.2, -0.15) is 0 Å². The number of fused-ring (bicyclic) bond motifs is 1. The molecule has 0 saturated carbocycles. The third-order valence-corrected chi connectivity index (χ3v) is 3.84. The normalized spacial score (nSPS) is 13.9. The number of rotatable bonds is 2. The van der Waals surface area contributed by atoms with Crippen molar-refractivity contribution in [1.82, 2.24) is 9.55 Å².